The van der Waals surface area contributed by atoms with Crippen LogP contribution in [0.2, 0.25) is 0 Å². The van der Waals surface area contributed by atoms with Gasteiger partial charge in [-0.3, -0.25) is 4.40 Å². The van der Waals surface area contributed by atoms with E-state index >= 15 is 0 Å². The van der Waals surface area contributed by atoms with Gasteiger partial charge in [0, 0.05) is 36.9 Å². The normalized spacial score (nSPS) is 11.9. The maximum absolute atomic E-state index is 7.58. The van der Waals surface area contributed by atoms with Crippen molar-refractivity contribution in [3.8, 4) is 5.75 Å². The van der Waals surface area contributed by atoms with Crippen LogP contribution >= 0.6 is 0 Å². The second-order valence-corrected chi connectivity index (χ2v) is 5.63. The number of aromatic nitrogens is 3. The largest absolute Gasteiger partial charge is 0.497 e. The van der Waals surface area contributed by atoms with Crippen LogP contribution in [0.5, 0.6) is 5.75 Å². The number of anilines is 1. The molecule has 0 radical (unpaired) electrons. The minimum Gasteiger partial charge on any atom is -0.497 e. The lowest BCUT2D eigenvalue weighted by molar-refractivity contribution is 0.415. The summed E-state index contributed by atoms with van der Waals surface area (Å²) in [4.78, 5) is 9.03. The Morgan fingerprint density at radius 3 is 2.92 bits per heavy atom. The van der Waals surface area contributed by atoms with Crippen molar-refractivity contribution >= 4 is 28.7 Å². The highest BCUT2D eigenvalue weighted by Gasteiger charge is 2.11. The number of hydrogen-bond acceptors (Lipinski definition) is 6. The number of hydrogen-bond donors (Lipinski definition) is 3. The molecule has 3 rings (SSSR count). The first-order valence-corrected chi connectivity index (χ1v) is 7.67. The topological polar surface area (TPSA) is 87.3 Å². The maximum atomic E-state index is 7.58. The Morgan fingerprint density at radius 2 is 2.21 bits per heavy atom. The lowest BCUT2D eigenvalue weighted by atomic mass is 10.2. The molecule has 1 aromatic carbocycles. The molecule has 0 fully saturated rings. The molecule has 3 N–H and O–H groups in total. The zero-order valence-electron chi connectivity index (χ0n) is 13.9. The van der Waals surface area contributed by atoms with Crippen molar-refractivity contribution in [1.29, 1.82) is 5.41 Å². The Morgan fingerprint density at radius 1 is 1.38 bits per heavy atom. The van der Waals surface area contributed by atoms with Crippen molar-refractivity contribution in [3.05, 3.63) is 42.5 Å². The van der Waals surface area contributed by atoms with Crippen molar-refractivity contribution in [3.63, 3.8) is 0 Å². The molecule has 0 aliphatic carbocycles. The van der Waals surface area contributed by atoms with Gasteiger partial charge < -0.3 is 20.8 Å². The second kappa shape index (κ2) is 6.57. The first kappa shape index (κ1) is 15.8. The van der Waals surface area contributed by atoms with Crippen molar-refractivity contribution in [2.75, 3.05) is 12.4 Å². The van der Waals surface area contributed by atoms with E-state index in [9.17, 15) is 0 Å². The Labute approximate surface area is 139 Å². The number of benzene rings is 1. The summed E-state index contributed by atoms with van der Waals surface area (Å²) in [5.74, 6) is 1.32. The fraction of sp³-hybridized carbons (Fsp3) is 0.235. The summed E-state index contributed by atoms with van der Waals surface area (Å²) in [5, 5.41) is 13.9. The van der Waals surface area contributed by atoms with Crippen LogP contribution in [0.3, 0.4) is 0 Å². The molecule has 0 saturated heterocycles. The van der Waals surface area contributed by atoms with Crippen LogP contribution in [-0.2, 0) is 0 Å². The molecule has 7 nitrogen and oxygen atoms in total. The predicted octanol–water partition coefficient (Wildman–Crippen LogP) is 2.79. The SMILES string of the molecule is COc1ccc2c(c1)nc(N/C(C=N)=C/NC(C)C)c1nccn12. The van der Waals surface area contributed by atoms with Crippen molar-refractivity contribution < 1.29 is 4.74 Å². The molecule has 0 aliphatic rings. The molecule has 0 unspecified atom stereocenters. The standard InChI is InChI=1S/C17H20N6O/c1-11(2)20-10-12(9-18)21-16-17-19-6-7-23(17)15-5-4-13(24-3)8-14(15)22-16/h4-11,18,20H,1-3H3,(H,21,22)/b12-10+,18-9?. The fourth-order valence-corrected chi connectivity index (χ4v) is 2.36. The Bertz CT molecular complexity index is 912. The summed E-state index contributed by atoms with van der Waals surface area (Å²) in [6.07, 6.45) is 6.62. The number of allylic oxidation sites excluding steroid dienone is 1. The van der Waals surface area contributed by atoms with Crippen molar-refractivity contribution in [2.45, 2.75) is 19.9 Å². The monoisotopic (exact) mass is 324 g/mol. The molecule has 0 aliphatic heterocycles. The van der Waals surface area contributed by atoms with Gasteiger partial charge in [-0.25, -0.2) is 9.97 Å². The number of nitrogens with one attached hydrogen (secondary N) is 3. The highest BCUT2D eigenvalue weighted by atomic mass is 16.5. The number of nitrogens with zero attached hydrogens (tertiary/aromatic N) is 3. The summed E-state index contributed by atoms with van der Waals surface area (Å²) < 4.78 is 7.24. The van der Waals surface area contributed by atoms with Crippen LogP contribution < -0.4 is 15.4 Å². The van der Waals surface area contributed by atoms with Crippen LogP contribution in [0.1, 0.15) is 13.8 Å². The van der Waals surface area contributed by atoms with Crippen molar-refractivity contribution in [1.82, 2.24) is 19.7 Å². The van der Waals surface area contributed by atoms with Crippen LogP contribution in [0.4, 0.5) is 5.82 Å². The second-order valence-electron chi connectivity index (χ2n) is 5.63. The maximum Gasteiger partial charge on any atom is 0.180 e. The number of methoxy groups -OCH3 is 1. The molecule has 7 heteroatoms. The molecule has 0 atom stereocenters. The van der Waals surface area contributed by atoms with Crippen LogP contribution in [0.15, 0.2) is 42.5 Å². The van der Waals surface area contributed by atoms with Crippen molar-refractivity contribution in [2.24, 2.45) is 0 Å². The lowest BCUT2D eigenvalue weighted by Gasteiger charge is -2.12. The van der Waals surface area contributed by atoms with E-state index in [-0.39, 0.29) is 6.04 Å². The van der Waals surface area contributed by atoms with Gasteiger partial charge in [0.15, 0.2) is 11.5 Å². The minimum absolute atomic E-state index is 0.280. The van der Waals surface area contributed by atoms with Gasteiger partial charge in [-0.2, -0.15) is 0 Å². The molecule has 0 saturated carbocycles. The predicted molar refractivity (Wildman–Crippen MR) is 95.8 cm³/mol. The molecule has 124 valence electrons. The minimum atomic E-state index is 0.280. The van der Waals surface area contributed by atoms with Crippen LogP contribution in [0, 0.1) is 5.41 Å². The zero-order chi connectivity index (χ0) is 17.1. The molecular formula is C17H20N6O. The Hall–Kier alpha value is -3.09. The summed E-state index contributed by atoms with van der Waals surface area (Å²) in [5.41, 5.74) is 3.02. The molecule has 0 spiro atoms. The van der Waals surface area contributed by atoms with Gasteiger partial charge in [0.2, 0.25) is 0 Å². The third-order valence-electron chi connectivity index (χ3n) is 3.52. The first-order valence-electron chi connectivity index (χ1n) is 7.67. The third-order valence-corrected chi connectivity index (χ3v) is 3.52. The summed E-state index contributed by atoms with van der Waals surface area (Å²) in [6, 6.07) is 6.00. The number of imidazole rings is 1. The number of fused-ring (bicyclic) bond motifs is 3. The molecule has 3 aromatic rings. The average molecular weight is 324 g/mol. The van der Waals surface area contributed by atoms with Crippen LogP contribution in [0.25, 0.3) is 16.7 Å². The smallest absolute Gasteiger partial charge is 0.180 e. The highest BCUT2D eigenvalue weighted by Crippen LogP contribution is 2.24. The van der Waals surface area contributed by atoms with Gasteiger partial charge in [-0.1, -0.05) is 0 Å². The highest BCUT2D eigenvalue weighted by molar-refractivity contribution is 5.87. The van der Waals surface area contributed by atoms with Gasteiger partial charge in [0.05, 0.1) is 23.8 Å². The van der Waals surface area contributed by atoms with E-state index in [0.717, 1.165) is 16.8 Å². The summed E-state index contributed by atoms with van der Waals surface area (Å²) in [7, 11) is 1.63. The lowest BCUT2D eigenvalue weighted by Crippen LogP contribution is -2.18. The van der Waals surface area contributed by atoms with Gasteiger partial charge in [-0.15, -0.1) is 0 Å². The summed E-state index contributed by atoms with van der Waals surface area (Å²) in [6.45, 7) is 4.07. The van der Waals surface area contributed by atoms with E-state index < -0.39 is 0 Å². The Kier molecular flexibility index (Phi) is 4.33. The summed E-state index contributed by atoms with van der Waals surface area (Å²) >= 11 is 0. The Balaban J connectivity index is 2.09. The molecule has 0 bridgehead atoms. The first-order chi connectivity index (χ1) is 11.6. The van der Waals surface area contributed by atoms with E-state index in [1.54, 1.807) is 19.5 Å². The number of ether oxygens (including phenoxy) is 1. The average Bonchev–Trinajstić information content (AvgIpc) is 3.07. The van der Waals surface area contributed by atoms with E-state index in [2.05, 4.69) is 20.6 Å². The van der Waals surface area contributed by atoms with Gasteiger partial charge in [-0.05, 0) is 26.0 Å². The molecular weight excluding hydrogens is 304 g/mol. The van der Waals surface area contributed by atoms with E-state index in [0.29, 0.717) is 17.2 Å². The molecule has 24 heavy (non-hydrogen) atoms. The van der Waals surface area contributed by atoms with Gasteiger partial charge >= 0.3 is 0 Å². The molecule has 2 heterocycles. The number of rotatable bonds is 6. The van der Waals surface area contributed by atoms with Crippen LogP contribution in [-0.4, -0.2) is 33.7 Å². The third kappa shape index (κ3) is 3.01. The fourth-order valence-electron chi connectivity index (χ4n) is 2.36. The van der Waals surface area contributed by atoms with E-state index in [1.165, 1.54) is 6.21 Å². The van der Waals surface area contributed by atoms with E-state index in [1.807, 2.05) is 42.6 Å². The quantitative estimate of drug-likeness (QED) is 0.607. The molecule has 2 aromatic heterocycles. The zero-order valence-corrected chi connectivity index (χ0v) is 13.9. The van der Waals surface area contributed by atoms with Gasteiger partial charge in [0.25, 0.3) is 0 Å². The van der Waals surface area contributed by atoms with Gasteiger partial charge in [0.1, 0.15) is 5.75 Å². The molecule has 0 amide bonds. The van der Waals surface area contributed by atoms with E-state index in [4.69, 9.17) is 10.1 Å².